The van der Waals surface area contributed by atoms with Gasteiger partial charge in [0.05, 0.1) is 11.1 Å². The summed E-state index contributed by atoms with van der Waals surface area (Å²) in [5.41, 5.74) is 1.65. The topological polar surface area (TPSA) is 60.8 Å². The van der Waals surface area contributed by atoms with E-state index in [2.05, 4.69) is 19.9 Å². The lowest BCUT2D eigenvalue weighted by Gasteiger charge is -2.13. The summed E-state index contributed by atoms with van der Waals surface area (Å²) in [6, 6.07) is 19.0. The Morgan fingerprint density at radius 3 is 1.32 bits per heavy atom. The molecule has 4 aromatic rings. The molecule has 120 valence electrons. The van der Waals surface area contributed by atoms with Crippen LogP contribution in [0.5, 0.6) is 11.5 Å². The summed E-state index contributed by atoms with van der Waals surface area (Å²) in [5.74, 6) is 2.59. The molecule has 0 saturated carbocycles. The summed E-state index contributed by atoms with van der Waals surface area (Å²) >= 11 is 0. The monoisotopic (exact) mass is 326 g/mol. The fourth-order valence-corrected chi connectivity index (χ4v) is 2.48. The third-order valence-corrected chi connectivity index (χ3v) is 3.61. The molecule has 0 radical (unpaired) electrons. The minimum atomic E-state index is 0.617. The van der Waals surface area contributed by atoms with Crippen LogP contribution in [-0.2, 0) is 0 Å². The van der Waals surface area contributed by atoms with Crippen molar-refractivity contribution in [3.05, 3.63) is 85.5 Å². The first-order chi connectivity index (χ1) is 12.4. The number of ether oxygens (including phenoxy) is 1. The molecule has 0 N–H and O–H groups in total. The smallest absolute Gasteiger partial charge is 0.162 e. The van der Waals surface area contributed by atoms with Gasteiger partial charge in [0.25, 0.3) is 0 Å². The first kappa shape index (κ1) is 15.0. The molecule has 0 aliphatic rings. The Bertz CT molecular complexity index is 894. The number of rotatable bonds is 4. The zero-order chi connectivity index (χ0) is 16.9. The van der Waals surface area contributed by atoms with Crippen molar-refractivity contribution in [3.8, 4) is 34.3 Å². The van der Waals surface area contributed by atoms with Crippen molar-refractivity contribution in [2.24, 2.45) is 0 Å². The normalized spacial score (nSPS) is 10.4. The molecule has 0 bridgehead atoms. The molecule has 5 heteroatoms. The van der Waals surface area contributed by atoms with Crippen molar-refractivity contribution in [1.82, 2.24) is 19.9 Å². The molecular formula is C20H14N4O. The summed E-state index contributed by atoms with van der Waals surface area (Å²) in [7, 11) is 0. The second kappa shape index (κ2) is 6.88. The van der Waals surface area contributed by atoms with Gasteiger partial charge in [0.2, 0.25) is 0 Å². The van der Waals surface area contributed by atoms with Crippen molar-refractivity contribution in [2.75, 3.05) is 0 Å². The van der Waals surface area contributed by atoms with E-state index in [0.717, 1.165) is 11.1 Å². The van der Waals surface area contributed by atoms with Gasteiger partial charge < -0.3 is 4.74 Å². The maximum absolute atomic E-state index is 6.19. The predicted molar refractivity (Wildman–Crippen MR) is 95.0 cm³/mol. The van der Waals surface area contributed by atoms with E-state index in [1.807, 2.05) is 48.5 Å². The highest BCUT2D eigenvalue weighted by molar-refractivity contribution is 5.68. The molecule has 2 aromatic heterocycles. The Morgan fingerprint density at radius 2 is 0.880 bits per heavy atom. The van der Waals surface area contributed by atoms with Gasteiger partial charge in [0, 0.05) is 24.8 Å². The van der Waals surface area contributed by atoms with E-state index < -0.39 is 0 Å². The molecule has 0 aliphatic carbocycles. The molecule has 5 nitrogen and oxygen atoms in total. The van der Waals surface area contributed by atoms with E-state index in [9.17, 15) is 0 Å². The third kappa shape index (κ3) is 3.21. The zero-order valence-corrected chi connectivity index (χ0v) is 13.3. The molecule has 2 aromatic carbocycles. The average Bonchev–Trinajstić information content (AvgIpc) is 2.70. The quantitative estimate of drug-likeness (QED) is 0.556. The fourth-order valence-electron chi connectivity index (χ4n) is 2.48. The Hall–Kier alpha value is -3.60. The highest BCUT2D eigenvalue weighted by Crippen LogP contribution is 2.35. The molecule has 0 fully saturated rings. The van der Waals surface area contributed by atoms with Crippen LogP contribution < -0.4 is 4.74 Å². The molecular weight excluding hydrogens is 312 g/mol. The van der Waals surface area contributed by atoms with Crippen LogP contribution >= 0.6 is 0 Å². The van der Waals surface area contributed by atoms with Gasteiger partial charge in [-0.2, -0.15) is 0 Å². The number of para-hydroxylation sites is 2. The van der Waals surface area contributed by atoms with Gasteiger partial charge in [-0.1, -0.05) is 24.3 Å². The third-order valence-electron chi connectivity index (χ3n) is 3.61. The maximum atomic E-state index is 6.19. The Kier molecular flexibility index (Phi) is 4.12. The zero-order valence-electron chi connectivity index (χ0n) is 13.3. The van der Waals surface area contributed by atoms with Gasteiger partial charge in [-0.05, 0) is 36.4 Å². The lowest BCUT2D eigenvalue weighted by molar-refractivity contribution is 0.485. The molecule has 0 atom stereocenters. The number of benzene rings is 2. The van der Waals surface area contributed by atoms with Crippen LogP contribution in [0.1, 0.15) is 0 Å². The van der Waals surface area contributed by atoms with E-state index in [-0.39, 0.29) is 0 Å². The molecule has 0 amide bonds. The molecule has 0 unspecified atom stereocenters. The van der Waals surface area contributed by atoms with Crippen molar-refractivity contribution >= 4 is 0 Å². The second-order valence-electron chi connectivity index (χ2n) is 5.24. The van der Waals surface area contributed by atoms with Crippen molar-refractivity contribution in [1.29, 1.82) is 0 Å². The van der Waals surface area contributed by atoms with E-state index >= 15 is 0 Å². The minimum absolute atomic E-state index is 0.617. The highest BCUT2D eigenvalue weighted by Gasteiger charge is 2.13. The largest absolute Gasteiger partial charge is 0.456 e. The van der Waals surface area contributed by atoms with Crippen LogP contribution in [-0.4, -0.2) is 19.9 Å². The first-order valence-electron chi connectivity index (χ1n) is 7.82. The number of hydrogen-bond acceptors (Lipinski definition) is 5. The number of nitrogens with zero attached hydrogens (tertiary/aromatic N) is 4. The van der Waals surface area contributed by atoms with Crippen molar-refractivity contribution < 1.29 is 4.74 Å². The lowest BCUT2D eigenvalue weighted by atomic mass is 10.1. The SMILES string of the molecule is c1cnc(-c2ccccc2Oc2ccccc2-c2ncccn2)nc1. The number of aromatic nitrogens is 4. The van der Waals surface area contributed by atoms with Gasteiger partial charge in [-0.25, -0.2) is 19.9 Å². The first-order valence-corrected chi connectivity index (χ1v) is 7.82. The second-order valence-corrected chi connectivity index (χ2v) is 5.24. The summed E-state index contributed by atoms with van der Waals surface area (Å²) in [4.78, 5) is 17.3. The van der Waals surface area contributed by atoms with E-state index in [0.29, 0.717) is 23.1 Å². The lowest BCUT2D eigenvalue weighted by Crippen LogP contribution is -1.95. The molecule has 0 saturated heterocycles. The van der Waals surface area contributed by atoms with Gasteiger partial charge >= 0.3 is 0 Å². The fraction of sp³-hybridized carbons (Fsp3) is 0. The predicted octanol–water partition coefficient (Wildman–Crippen LogP) is 4.39. The van der Waals surface area contributed by atoms with Crippen molar-refractivity contribution in [2.45, 2.75) is 0 Å². The van der Waals surface area contributed by atoms with Crippen LogP contribution in [0.15, 0.2) is 85.5 Å². The van der Waals surface area contributed by atoms with E-state index in [1.54, 1.807) is 36.9 Å². The van der Waals surface area contributed by atoms with E-state index in [4.69, 9.17) is 4.74 Å². The maximum Gasteiger partial charge on any atom is 0.162 e. The Morgan fingerprint density at radius 1 is 0.480 bits per heavy atom. The average molecular weight is 326 g/mol. The summed E-state index contributed by atoms with van der Waals surface area (Å²) < 4.78 is 6.19. The Labute approximate surface area is 145 Å². The van der Waals surface area contributed by atoms with Gasteiger partial charge in [-0.15, -0.1) is 0 Å². The van der Waals surface area contributed by atoms with Crippen LogP contribution in [0.4, 0.5) is 0 Å². The molecule has 0 spiro atoms. The standard InChI is InChI=1S/C20H14N4O/c1-3-9-17(15(7-1)19-21-11-5-12-22-19)25-18-10-4-2-8-16(18)20-23-13-6-14-24-20/h1-14H. The van der Waals surface area contributed by atoms with Gasteiger partial charge in [0.1, 0.15) is 11.5 Å². The summed E-state index contributed by atoms with van der Waals surface area (Å²) in [5, 5.41) is 0. The summed E-state index contributed by atoms with van der Waals surface area (Å²) in [6.07, 6.45) is 6.85. The van der Waals surface area contributed by atoms with Crippen LogP contribution in [0.3, 0.4) is 0 Å². The summed E-state index contributed by atoms with van der Waals surface area (Å²) in [6.45, 7) is 0. The number of hydrogen-bond donors (Lipinski definition) is 0. The molecule has 4 rings (SSSR count). The molecule has 0 aliphatic heterocycles. The van der Waals surface area contributed by atoms with Gasteiger partial charge in [0.15, 0.2) is 11.6 Å². The highest BCUT2D eigenvalue weighted by atomic mass is 16.5. The molecule has 2 heterocycles. The van der Waals surface area contributed by atoms with Gasteiger partial charge in [-0.3, -0.25) is 0 Å². The van der Waals surface area contributed by atoms with Crippen LogP contribution in [0.2, 0.25) is 0 Å². The van der Waals surface area contributed by atoms with Crippen LogP contribution in [0.25, 0.3) is 22.8 Å². The van der Waals surface area contributed by atoms with Crippen LogP contribution in [0, 0.1) is 0 Å². The minimum Gasteiger partial charge on any atom is -0.456 e. The molecule has 25 heavy (non-hydrogen) atoms. The van der Waals surface area contributed by atoms with Crippen molar-refractivity contribution in [3.63, 3.8) is 0 Å². The van der Waals surface area contributed by atoms with E-state index in [1.165, 1.54) is 0 Å². The Balaban J connectivity index is 1.76.